The molecular weight excluding hydrogens is 226 g/mol. The van der Waals surface area contributed by atoms with Gasteiger partial charge in [0.15, 0.2) is 0 Å². The molecule has 0 fully saturated rings. The molecule has 0 saturated carbocycles. The van der Waals surface area contributed by atoms with Crippen LogP contribution >= 0.6 is 0 Å². The highest BCUT2D eigenvalue weighted by atomic mass is 28.2. The lowest BCUT2D eigenvalue weighted by molar-refractivity contribution is 0.290. The van der Waals surface area contributed by atoms with Crippen LogP contribution in [0.1, 0.15) is 38.8 Å². The highest BCUT2D eigenvalue weighted by Gasteiger charge is 2.24. The van der Waals surface area contributed by atoms with E-state index in [9.17, 15) is 0 Å². The number of rotatable bonds is 5. The lowest BCUT2D eigenvalue weighted by Gasteiger charge is -2.27. The predicted molar refractivity (Wildman–Crippen MR) is 75.0 cm³/mol. The Morgan fingerprint density at radius 2 is 2.00 bits per heavy atom. The second-order valence-electron chi connectivity index (χ2n) is 5.40. The van der Waals surface area contributed by atoms with Crippen molar-refractivity contribution in [2.24, 2.45) is 5.92 Å². The van der Waals surface area contributed by atoms with Gasteiger partial charge in [0.1, 0.15) is 0 Å². The van der Waals surface area contributed by atoms with E-state index in [2.05, 4.69) is 33.8 Å². The summed E-state index contributed by atoms with van der Waals surface area (Å²) in [5.74, 6) is 0.628. The molecule has 1 aromatic rings. The molecule has 17 heavy (non-hydrogen) atoms. The monoisotopic (exact) mass is 249 g/mol. The van der Waals surface area contributed by atoms with Crippen molar-refractivity contribution < 1.29 is 4.43 Å². The summed E-state index contributed by atoms with van der Waals surface area (Å²) in [4.78, 5) is 0. The number of nitrogens with two attached hydrogens (primary N) is 1. The molecule has 0 heterocycles. The SMILES string of the molecule is Cc1c(N)cccc1CO[Si]C(C)(C)C(C)C. The highest BCUT2D eigenvalue weighted by molar-refractivity contribution is 6.32. The standard InChI is InChI=1S/C14H23NOSi/c1-10(2)14(4,5)17-16-9-12-7-6-8-13(15)11(12)3/h6-8,10H,9,15H2,1-5H3. The predicted octanol–water partition coefficient (Wildman–Crippen LogP) is 3.57. The summed E-state index contributed by atoms with van der Waals surface area (Å²) in [6.45, 7) is 11.7. The van der Waals surface area contributed by atoms with Gasteiger partial charge in [0.25, 0.3) is 0 Å². The van der Waals surface area contributed by atoms with Crippen molar-refractivity contribution in [3.8, 4) is 0 Å². The number of benzene rings is 1. The number of hydrogen-bond donors (Lipinski definition) is 1. The van der Waals surface area contributed by atoms with E-state index in [0.717, 1.165) is 11.3 Å². The summed E-state index contributed by atoms with van der Waals surface area (Å²) >= 11 is 0. The second kappa shape index (κ2) is 5.69. The van der Waals surface area contributed by atoms with Crippen LogP contribution in [0.5, 0.6) is 0 Å². The summed E-state index contributed by atoms with van der Waals surface area (Å²) in [5.41, 5.74) is 9.05. The average Bonchev–Trinajstić information content (AvgIpc) is 2.24. The first-order valence-electron chi connectivity index (χ1n) is 6.07. The first-order chi connectivity index (χ1) is 7.84. The summed E-state index contributed by atoms with van der Waals surface area (Å²) in [5, 5.41) is 0.244. The van der Waals surface area contributed by atoms with Crippen LogP contribution in [0.15, 0.2) is 18.2 Å². The van der Waals surface area contributed by atoms with E-state index in [4.69, 9.17) is 10.2 Å². The molecule has 0 unspecified atom stereocenters. The first-order valence-corrected chi connectivity index (χ1v) is 6.98. The van der Waals surface area contributed by atoms with Crippen molar-refractivity contribution in [2.45, 2.75) is 46.3 Å². The van der Waals surface area contributed by atoms with Crippen LogP contribution in [0.3, 0.4) is 0 Å². The van der Waals surface area contributed by atoms with Crippen LogP contribution < -0.4 is 5.73 Å². The van der Waals surface area contributed by atoms with Crippen molar-refractivity contribution in [3.05, 3.63) is 29.3 Å². The maximum atomic E-state index is 5.87. The van der Waals surface area contributed by atoms with Crippen LogP contribution in [0, 0.1) is 12.8 Å². The van der Waals surface area contributed by atoms with E-state index >= 15 is 0 Å². The molecule has 0 aliphatic rings. The Morgan fingerprint density at radius 3 is 2.59 bits per heavy atom. The zero-order chi connectivity index (χ0) is 13.1. The Balaban J connectivity index is 2.55. The fourth-order valence-corrected chi connectivity index (χ4v) is 2.11. The third kappa shape index (κ3) is 3.86. The minimum atomic E-state index is 0.244. The molecule has 1 aromatic carbocycles. The lowest BCUT2D eigenvalue weighted by Crippen LogP contribution is -2.22. The Morgan fingerprint density at radius 1 is 1.35 bits per heavy atom. The second-order valence-corrected chi connectivity index (χ2v) is 7.18. The molecule has 0 aliphatic carbocycles. The average molecular weight is 249 g/mol. The molecule has 0 spiro atoms. The highest BCUT2D eigenvalue weighted by Crippen LogP contribution is 2.33. The van der Waals surface area contributed by atoms with Gasteiger partial charge in [0.2, 0.25) is 9.76 Å². The molecule has 2 radical (unpaired) electrons. The molecule has 94 valence electrons. The minimum absolute atomic E-state index is 0.244. The van der Waals surface area contributed by atoms with Crippen LogP contribution in [-0.4, -0.2) is 9.76 Å². The fraction of sp³-hybridized carbons (Fsp3) is 0.571. The van der Waals surface area contributed by atoms with Gasteiger partial charge in [-0.1, -0.05) is 39.8 Å². The van der Waals surface area contributed by atoms with Gasteiger partial charge in [-0.05, 0) is 35.1 Å². The molecule has 0 saturated heterocycles. The van der Waals surface area contributed by atoms with Crippen LogP contribution in [0.2, 0.25) is 5.04 Å². The van der Waals surface area contributed by atoms with Crippen molar-refractivity contribution >= 4 is 15.5 Å². The maximum absolute atomic E-state index is 5.87. The molecule has 0 aromatic heterocycles. The zero-order valence-corrected chi connectivity index (χ0v) is 12.5. The van der Waals surface area contributed by atoms with E-state index in [0.29, 0.717) is 22.3 Å². The van der Waals surface area contributed by atoms with Gasteiger partial charge < -0.3 is 10.2 Å². The summed E-state index contributed by atoms with van der Waals surface area (Å²) in [7, 11) is 0.517. The number of nitrogen functional groups attached to an aromatic ring is 1. The number of hydrogen-bond acceptors (Lipinski definition) is 2. The van der Waals surface area contributed by atoms with Crippen molar-refractivity contribution in [1.29, 1.82) is 0 Å². The topological polar surface area (TPSA) is 35.2 Å². The van der Waals surface area contributed by atoms with E-state index in [-0.39, 0.29) is 5.04 Å². The minimum Gasteiger partial charge on any atom is -0.413 e. The van der Waals surface area contributed by atoms with E-state index in [1.807, 2.05) is 19.1 Å². The molecule has 2 nitrogen and oxygen atoms in total. The third-order valence-corrected chi connectivity index (χ3v) is 4.89. The van der Waals surface area contributed by atoms with Gasteiger partial charge in [-0.2, -0.15) is 0 Å². The smallest absolute Gasteiger partial charge is 0.236 e. The summed E-state index contributed by atoms with van der Waals surface area (Å²) in [6, 6.07) is 6.00. The largest absolute Gasteiger partial charge is 0.413 e. The van der Waals surface area contributed by atoms with Gasteiger partial charge in [0, 0.05) is 5.69 Å². The van der Waals surface area contributed by atoms with Gasteiger partial charge in [0.05, 0.1) is 6.61 Å². The normalized spacial score (nSPS) is 12.1. The quantitative estimate of drug-likeness (QED) is 0.639. The fourth-order valence-electron chi connectivity index (χ4n) is 1.28. The molecule has 1 rings (SSSR count). The van der Waals surface area contributed by atoms with Gasteiger partial charge in [-0.25, -0.2) is 0 Å². The molecular formula is C14H23NOSi. The van der Waals surface area contributed by atoms with Crippen molar-refractivity contribution in [2.75, 3.05) is 5.73 Å². The lowest BCUT2D eigenvalue weighted by atomic mass is 9.99. The molecule has 0 atom stereocenters. The molecule has 2 N–H and O–H groups in total. The van der Waals surface area contributed by atoms with Gasteiger partial charge in [-0.3, -0.25) is 0 Å². The van der Waals surface area contributed by atoms with Gasteiger partial charge in [-0.15, -0.1) is 0 Å². The van der Waals surface area contributed by atoms with E-state index in [1.165, 1.54) is 5.56 Å². The first kappa shape index (κ1) is 14.3. The van der Waals surface area contributed by atoms with E-state index < -0.39 is 0 Å². The van der Waals surface area contributed by atoms with Crippen LogP contribution in [-0.2, 0) is 11.0 Å². The molecule has 0 bridgehead atoms. The molecule has 0 aliphatic heterocycles. The third-order valence-electron chi connectivity index (χ3n) is 3.49. The number of anilines is 1. The van der Waals surface area contributed by atoms with Crippen LogP contribution in [0.4, 0.5) is 5.69 Å². The van der Waals surface area contributed by atoms with E-state index in [1.54, 1.807) is 0 Å². The Bertz CT molecular complexity index is 374. The zero-order valence-electron chi connectivity index (χ0n) is 11.5. The molecule has 3 heteroatoms. The van der Waals surface area contributed by atoms with Crippen LogP contribution in [0.25, 0.3) is 0 Å². The summed E-state index contributed by atoms with van der Waals surface area (Å²) in [6.07, 6.45) is 0. The Hall–Kier alpha value is -0.803. The van der Waals surface area contributed by atoms with Crippen molar-refractivity contribution in [1.82, 2.24) is 0 Å². The Labute approximate surface area is 108 Å². The van der Waals surface area contributed by atoms with Gasteiger partial charge >= 0.3 is 0 Å². The summed E-state index contributed by atoms with van der Waals surface area (Å²) < 4.78 is 5.85. The molecule has 0 amide bonds. The Kier molecular flexibility index (Phi) is 4.77. The van der Waals surface area contributed by atoms with Crippen molar-refractivity contribution in [3.63, 3.8) is 0 Å². The maximum Gasteiger partial charge on any atom is 0.236 e.